The van der Waals surface area contributed by atoms with E-state index in [2.05, 4.69) is 20.1 Å². The summed E-state index contributed by atoms with van der Waals surface area (Å²) in [6.45, 7) is 1.14. The summed E-state index contributed by atoms with van der Waals surface area (Å²) in [5.41, 5.74) is 1.20. The van der Waals surface area contributed by atoms with E-state index in [0.717, 1.165) is 11.8 Å². The van der Waals surface area contributed by atoms with Crippen molar-refractivity contribution in [1.82, 2.24) is 25.0 Å². The number of amides is 1. The molecule has 0 unspecified atom stereocenters. The Balaban J connectivity index is 1.48. The SMILES string of the molecule is O=C(c1nc(-c2cnc3[nH]ccc3c2Cl)no1)N1C[C@@H]2C[C@H]1CO2. The van der Waals surface area contributed by atoms with Gasteiger partial charge in [0.25, 0.3) is 0 Å². The van der Waals surface area contributed by atoms with Crippen LogP contribution in [0.25, 0.3) is 22.4 Å². The third kappa shape index (κ3) is 1.96. The number of fused-ring (bicyclic) bond motifs is 3. The summed E-state index contributed by atoms with van der Waals surface area (Å²) < 4.78 is 10.7. The lowest BCUT2D eigenvalue weighted by Gasteiger charge is -2.25. The van der Waals surface area contributed by atoms with E-state index >= 15 is 0 Å². The molecule has 2 bridgehead atoms. The molecule has 1 amide bonds. The summed E-state index contributed by atoms with van der Waals surface area (Å²) in [5.74, 6) is -0.0568. The fraction of sp³-hybridized carbons (Fsp3) is 0.333. The predicted molar refractivity (Wildman–Crippen MR) is 83.6 cm³/mol. The van der Waals surface area contributed by atoms with Gasteiger partial charge in [-0.1, -0.05) is 16.8 Å². The minimum Gasteiger partial charge on any atom is -0.374 e. The summed E-state index contributed by atoms with van der Waals surface area (Å²) in [4.78, 5) is 25.8. The maximum atomic E-state index is 12.6. The smallest absolute Gasteiger partial charge is 0.316 e. The molecule has 2 saturated heterocycles. The molecule has 2 fully saturated rings. The molecule has 2 atom stereocenters. The van der Waals surface area contributed by atoms with Gasteiger partial charge in [-0.05, 0) is 12.5 Å². The first-order valence-electron chi connectivity index (χ1n) is 7.59. The second-order valence-electron chi connectivity index (χ2n) is 5.95. The van der Waals surface area contributed by atoms with Crippen LogP contribution in [0.15, 0.2) is 23.0 Å². The number of ether oxygens (including phenoxy) is 1. The molecule has 0 aliphatic carbocycles. The topological polar surface area (TPSA) is 97.1 Å². The Bertz CT molecular complexity index is 952. The van der Waals surface area contributed by atoms with E-state index in [4.69, 9.17) is 20.9 Å². The van der Waals surface area contributed by atoms with Gasteiger partial charge in [0.05, 0.1) is 29.3 Å². The number of nitrogens with zero attached hydrogens (tertiary/aromatic N) is 4. The van der Waals surface area contributed by atoms with Crippen LogP contribution in [-0.4, -0.2) is 56.2 Å². The molecule has 122 valence electrons. The van der Waals surface area contributed by atoms with Gasteiger partial charge in [0.2, 0.25) is 5.82 Å². The fourth-order valence-electron chi connectivity index (χ4n) is 3.32. The third-order valence-corrected chi connectivity index (χ3v) is 4.94. The molecule has 5 rings (SSSR count). The van der Waals surface area contributed by atoms with Crippen LogP contribution in [0.2, 0.25) is 5.02 Å². The Morgan fingerprint density at radius 3 is 3.17 bits per heavy atom. The van der Waals surface area contributed by atoms with Crippen molar-refractivity contribution in [2.24, 2.45) is 0 Å². The number of H-pyrrole nitrogens is 1. The van der Waals surface area contributed by atoms with E-state index in [1.165, 1.54) is 0 Å². The van der Waals surface area contributed by atoms with Gasteiger partial charge < -0.3 is 19.1 Å². The van der Waals surface area contributed by atoms with Crippen LogP contribution in [0.3, 0.4) is 0 Å². The fourth-order valence-corrected chi connectivity index (χ4v) is 3.61. The molecule has 2 aliphatic rings. The summed E-state index contributed by atoms with van der Waals surface area (Å²) in [6, 6.07) is 1.92. The largest absolute Gasteiger partial charge is 0.374 e. The number of pyridine rings is 1. The average molecular weight is 346 g/mol. The molecule has 0 aromatic carbocycles. The number of carbonyl (C=O) groups is 1. The van der Waals surface area contributed by atoms with E-state index in [-0.39, 0.29) is 29.8 Å². The van der Waals surface area contributed by atoms with Crippen molar-refractivity contribution in [2.45, 2.75) is 18.6 Å². The van der Waals surface area contributed by atoms with Crippen LogP contribution in [0.4, 0.5) is 0 Å². The molecule has 24 heavy (non-hydrogen) atoms. The minimum atomic E-state index is -0.267. The van der Waals surface area contributed by atoms with Crippen molar-refractivity contribution in [1.29, 1.82) is 0 Å². The molecule has 1 N–H and O–H groups in total. The van der Waals surface area contributed by atoms with Gasteiger partial charge in [-0.2, -0.15) is 4.98 Å². The van der Waals surface area contributed by atoms with Crippen LogP contribution in [0.5, 0.6) is 0 Å². The molecule has 8 nitrogen and oxygen atoms in total. The number of hydrogen-bond acceptors (Lipinski definition) is 6. The highest BCUT2D eigenvalue weighted by atomic mass is 35.5. The second kappa shape index (κ2) is 5.02. The van der Waals surface area contributed by atoms with E-state index in [1.807, 2.05) is 6.07 Å². The molecular weight excluding hydrogens is 334 g/mol. The minimum absolute atomic E-state index is 0.0391. The van der Waals surface area contributed by atoms with Crippen LogP contribution >= 0.6 is 11.6 Å². The van der Waals surface area contributed by atoms with E-state index in [9.17, 15) is 4.79 Å². The quantitative estimate of drug-likeness (QED) is 0.761. The van der Waals surface area contributed by atoms with Crippen molar-refractivity contribution in [3.63, 3.8) is 0 Å². The number of morpholine rings is 1. The zero-order valence-electron chi connectivity index (χ0n) is 12.4. The second-order valence-corrected chi connectivity index (χ2v) is 6.33. The van der Waals surface area contributed by atoms with Crippen LogP contribution in [-0.2, 0) is 4.74 Å². The Kier molecular flexibility index (Phi) is 2.92. The maximum absolute atomic E-state index is 12.6. The Morgan fingerprint density at radius 1 is 1.46 bits per heavy atom. The van der Waals surface area contributed by atoms with Gasteiger partial charge in [-0.25, -0.2) is 4.98 Å². The number of halogens is 1. The molecule has 0 saturated carbocycles. The van der Waals surface area contributed by atoms with Gasteiger partial charge in [-0.3, -0.25) is 4.79 Å². The van der Waals surface area contributed by atoms with E-state index in [0.29, 0.717) is 29.4 Å². The van der Waals surface area contributed by atoms with Gasteiger partial charge in [0.1, 0.15) is 5.65 Å². The lowest BCUT2D eigenvalue weighted by Crippen LogP contribution is -2.41. The summed E-state index contributed by atoms with van der Waals surface area (Å²) in [6.07, 6.45) is 4.30. The third-order valence-electron chi connectivity index (χ3n) is 4.53. The molecule has 0 spiro atoms. The summed E-state index contributed by atoms with van der Waals surface area (Å²) >= 11 is 6.39. The Hall–Kier alpha value is -2.45. The molecule has 9 heteroatoms. The lowest BCUT2D eigenvalue weighted by atomic mass is 10.2. The lowest BCUT2D eigenvalue weighted by molar-refractivity contribution is 0.0231. The first-order chi connectivity index (χ1) is 11.7. The normalized spacial score (nSPS) is 22.6. The summed E-state index contributed by atoms with van der Waals surface area (Å²) in [5, 5.41) is 5.13. The van der Waals surface area contributed by atoms with Crippen molar-refractivity contribution < 1.29 is 14.1 Å². The van der Waals surface area contributed by atoms with Gasteiger partial charge in [0, 0.05) is 24.3 Å². The summed E-state index contributed by atoms with van der Waals surface area (Å²) in [7, 11) is 0. The zero-order chi connectivity index (χ0) is 16.3. The van der Waals surface area contributed by atoms with E-state index in [1.54, 1.807) is 17.3 Å². The molecule has 3 aromatic heterocycles. The highest BCUT2D eigenvalue weighted by Gasteiger charge is 2.43. The molecule has 2 aliphatic heterocycles. The number of likely N-dealkylation sites (tertiary alicyclic amines) is 1. The van der Waals surface area contributed by atoms with Crippen LogP contribution < -0.4 is 0 Å². The van der Waals surface area contributed by atoms with Crippen LogP contribution in [0.1, 0.15) is 17.1 Å². The highest BCUT2D eigenvalue weighted by molar-refractivity contribution is 6.37. The molecular formula is C15H12ClN5O3. The maximum Gasteiger partial charge on any atom is 0.316 e. The van der Waals surface area contributed by atoms with Gasteiger partial charge in [-0.15, -0.1) is 0 Å². The zero-order valence-corrected chi connectivity index (χ0v) is 13.2. The standard InChI is InChI=1S/C15H12ClN5O3/c16-11-9-1-2-17-12(9)18-4-10(11)13-19-14(24-20-13)15(22)21-5-8-3-7(21)6-23-8/h1-2,4,7-8H,3,5-6H2,(H,17,18)/t7-,8-/m0/s1. The molecule has 3 aromatic rings. The average Bonchev–Trinajstić information content (AvgIpc) is 3.36. The Labute approximate surface area is 140 Å². The number of nitrogens with one attached hydrogen (secondary N) is 1. The molecule has 0 radical (unpaired) electrons. The number of aromatic nitrogens is 4. The molecule has 5 heterocycles. The van der Waals surface area contributed by atoms with Crippen molar-refractivity contribution in [2.75, 3.05) is 13.2 Å². The number of rotatable bonds is 2. The van der Waals surface area contributed by atoms with Gasteiger partial charge >= 0.3 is 11.8 Å². The first kappa shape index (κ1) is 13.9. The van der Waals surface area contributed by atoms with Crippen molar-refractivity contribution in [3.8, 4) is 11.4 Å². The number of hydrogen-bond donors (Lipinski definition) is 1. The Morgan fingerprint density at radius 2 is 2.38 bits per heavy atom. The number of aromatic amines is 1. The number of carbonyl (C=O) groups excluding carboxylic acids is 1. The predicted octanol–water partition coefficient (Wildman–Crippen LogP) is 1.88. The van der Waals surface area contributed by atoms with Gasteiger partial charge in [0.15, 0.2) is 0 Å². The monoisotopic (exact) mass is 345 g/mol. The first-order valence-corrected chi connectivity index (χ1v) is 7.97. The van der Waals surface area contributed by atoms with E-state index < -0.39 is 0 Å². The highest BCUT2D eigenvalue weighted by Crippen LogP contribution is 2.32. The van der Waals surface area contributed by atoms with Crippen LogP contribution in [0, 0.1) is 0 Å². The van der Waals surface area contributed by atoms with Crippen molar-refractivity contribution in [3.05, 3.63) is 29.4 Å². The van der Waals surface area contributed by atoms with Crippen molar-refractivity contribution >= 4 is 28.5 Å².